The SMILES string of the molecule is CC(C)N1CCC2(CCCN(c3ccn(C)n3)C2)C1. The molecule has 19 heavy (non-hydrogen) atoms. The minimum atomic E-state index is 0.514. The van der Waals surface area contributed by atoms with Crippen LogP contribution in [0.3, 0.4) is 0 Å². The van der Waals surface area contributed by atoms with E-state index < -0.39 is 0 Å². The Balaban J connectivity index is 1.72. The molecular formula is C15H26N4. The van der Waals surface area contributed by atoms with Crippen molar-refractivity contribution in [2.24, 2.45) is 12.5 Å². The lowest BCUT2D eigenvalue weighted by Crippen LogP contribution is -2.45. The monoisotopic (exact) mass is 262 g/mol. The van der Waals surface area contributed by atoms with Gasteiger partial charge in [-0.3, -0.25) is 4.68 Å². The Morgan fingerprint density at radius 2 is 2.05 bits per heavy atom. The molecular weight excluding hydrogens is 236 g/mol. The Morgan fingerprint density at radius 3 is 2.68 bits per heavy atom. The summed E-state index contributed by atoms with van der Waals surface area (Å²) in [5.41, 5.74) is 0.514. The van der Waals surface area contributed by atoms with Crippen LogP contribution in [0.2, 0.25) is 0 Å². The summed E-state index contributed by atoms with van der Waals surface area (Å²) in [6.07, 6.45) is 6.10. The fraction of sp³-hybridized carbons (Fsp3) is 0.800. The average Bonchev–Trinajstić information content (AvgIpc) is 2.97. The number of aryl methyl sites for hydroxylation is 1. The van der Waals surface area contributed by atoms with Gasteiger partial charge in [-0.1, -0.05) is 0 Å². The molecule has 2 aliphatic rings. The molecule has 3 rings (SSSR count). The van der Waals surface area contributed by atoms with Gasteiger partial charge in [0.2, 0.25) is 0 Å². The number of nitrogens with zero attached hydrogens (tertiary/aromatic N) is 4. The maximum Gasteiger partial charge on any atom is 0.150 e. The third-order valence-electron chi connectivity index (χ3n) is 4.88. The predicted molar refractivity (Wildman–Crippen MR) is 78.4 cm³/mol. The van der Waals surface area contributed by atoms with Crippen molar-refractivity contribution in [2.75, 3.05) is 31.1 Å². The quantitative estimate of drug-likeness (QED) is 0.816. The van der Waals surface area contributed by atoms with Gasteiger partial charge in [-0.25, -0.2) is 0 Å². The van der Waals surface area contributed by atoms with E-state index in [9.17, 15) is 0 Å². The first kappa shape index (κ1) is 13.0. The minimum absolute atomic E-state index is 0.514. The van der Waals surface area contributed by atoms with Gasteiger partial charge in [0.05, 0.1) is 0 Å². The second-order valence-corrected chi connectivity index (χ2v) is 6.69. The highest BCUT2D eigenvalue weighted by molar-refractivity contribution is 5.38. The summed E-state index contributed by atoms with van der Waals surface area (Å²) in [6.45, 7) is 9.53. The van der Waals surface area contributed by atoms with Crippen LogP contribution in [0.4, 0.5) is 5.82 Å². The summed E-state index contributed by atoms with van der Waals surface area (Å²) >= 11 is 0. The van der Waals surface area contributed by atoms with Crippen molar-refractivity contribution in [3.05, 3.63) is 12.3 Å². The molecule has 2 aliphatic heterocycles. The van der Waals surface area contributed by atoms with Gasteiger partial charge in [0.25, 0.3) is 0 Å². The summed E-state index contributed by atoms with van der Waals surface area (Å²) in [5, 5.41) is 4.57. The van der Waals surface area contributed by atoms with Crippen LogP contribution >= 0.6 is 0 Å². The fourth-order valence-corrected chi connectivity index (χ4v) is 3.72. The molecule has 0 N–H and O–H groups in total. The van der Waals surface area contributed by atoms with E-state index in [0.717, 1.165) is 5.82 Å². The van der Waals surface area contributed by atoms with Crippen molar-refractivity contribution in [1.29, 1.82) is 0 Å². The van der Waals surface area contributed by atoms with Crippen molar-refractivity contribution < 1.29 is 0 Å². The molecule has 4 heteroatoms. The number of likely N-dealkylation sites (tertiary alicyclic amines) is 1. The molecule has 2 saturated heterocycles. The highest BCUT2D eigenvalue weighted by atomic mass is 15.3. The normalized spacial score (nSPS) is 28.7. The third-order valence-corrected chi connectivity index (χ3v) is 4.88. The van der Waals surface area contributed by atoms with E-state index in [-0.39, 0.29) is 0 Å². The van der Waals surface area contributed by atoms with Crippen molar-refractivity contribution in [3.8, 4) is 0 Å². The van der Waals surface area contributed by atoms with Gasteiger partial charge in [0.15, 0.2) is 5.82 Å². The molecule has 1 aromatic rings. The smallest absolute Gasteiger partial charge is 0.150 e. The molecule has 0 amide bonds. The van der Waals surface area contributed by atoms with E-state index in [0.29, 0.717) is 11.5 Å². The molecule has 1 atom stereocenters. The molecule has 0 radical (unpaired) electrons. The number of rotatable bonds is 2. The van der Waals surface area contributed by atoms with E-state index in [4.69, 9.17) is 0 Å². The standard InChI is InChI=1S/C15H26N4/c1-13(2)18-10-7-15(11-18)6-4-8-19(12-15)14-5-9-17(3)16-14/h5,9,13H,4,6-8,10-12H2,1-3H3. The summed E-state index contributed by atoms with van der Waals surface area (Å²) < 4.78 is 1.91. The van der Waals surface area contributed by atoms with E-state index in [1.165, 1.54) is 45.4 Å². The van der Waals surface area contributed by atoms with E-state index >= 15 is 0 Å². The second kappa shape index (κ2) is 4.82. The Labute approximate surface area is 116 Å². The Hall–Kier alpha value is -1.03. The van der Waals surface area contributed by atoms with Crippen LogP contribution in [0.25, 0.3) is 0 Å². The van der Waals surface area contributed by atoms with E-state index in [1.807, 2.05) is 17.9 Å². The number of piperidine rings is 1. The summed E-state index contributed by atoms with van der Waals surface area (Å²) in [7, 11) is 2.00. The van der Waals surface area contributed by atoms with Gasteiger partial charge in [-0.2, -0.15) is 5.10 Å². The third kappa shape index (κ3) is 2.50. The first-order valence-electron chi connectivity index (χ1n) is 7.57. The lowest BCUT2D eigenvalue weighted by atomic mass is 9.79. The van der Waals surface area contributed by atoms with Crippen LogP contribution in [-0.2, 0) is 7.05 Å². The van der Waals surface area contributed by atoms with Gasteiger partial charge in [0.1, 0.15) is 0 Å². The number of hydrogen-bond acceptors (Lipinski definition) is 3. The highest BCUT2D eigenvalue weighted by Crippen LogP contribution is 2.40. The van der Waals surface area contributed by atoms with Crippen molar-refractivity contribution in [3.63, 3.8) is 0 Å². The van der Waals surface area contributed by atoms with E-state index in [1.54, 1.807) is 0 Å². The van der Waals surface area contributed by atoms with Gasteiger partial charge in [0, 0.05) is 50.4 Å². The van der Waals surface area contributed by atoms with Crippen LogP contribution in [0, 0.1) is 5.41 Å². The van der Waals surface area contributed by atoms with Crippen molar-refractivity contribution in [2.45, 2.75) is 39.2 Å². The molecule has 0 saturated carbocycles. The number of aromatic nitrogens is 2. The average molecular weight is 262 g/mol. The largest absolute Gasteiger partial charge is 0.355 e. The first-order chi connectivity index (χ1) is 9.08. The molecule has 3 heterocycles. The molecule has 1 spiro atoms. The molecule has 1 unspecified atom stereocenters. The first-order valence-corrected chi connectivity index (χ1v) is 7.57. The Morgan fingerprint density at radius 1 is 1.21 bits per heavy atom. The minimum Gasteiger partial charge on any atom is -0.355 e. The second-order valence-electron chi connectivity index (χ2n) is 6.69. The van der Waals surface area contributed by atoms with Gasteiger partial charge in [-0.15, -0.1) is 0 Å². The van der Waals surface area contributed by atoms with Crippen LogP contribution < -0.4 is 4.90 Å². The molecule has 1 aromatic heterocycles. The molecule has 4 nitrogen and oxygen atoms in total. The zero-order valence-electron chi connectivity index (χ0n) is 12.5. The molecule has 0 bridgehead atoms. The fourth-order valence-electron chi connectivity index (χ4n) is 3.72. The molecule has 106 valence electrons. The molecule has 2 fully saturated rings. The van der Waals surface area contributed by atoms with Gasteiger partial charge < -0.3 is 9.80 Å². The maximum absolute atomic E-state index is 4.57. The highest BCUT2D eigenvalue weighted by Gasteiger charge is 2.42. The number of hydrogen-bond donors (Lipinski definition) is 0. The van der Waals surface area contributed by atoms with E-state index in [2.05, 4.69) is 34.8 Å². The van der Waals surface area contributed by atoms with Crippen LogP contribution in [0.1, 0.15) is 33.1 Å². The number of anilines is 1. The lowest BCUT2D eigenvalue weighted by molar-refractivity contribution is 0.198. The zero-order chi connectivity index (χ0) is 13.5. The maximum atomic E-state index is 4.57. The van der Waals surface area contributed by atoms with Crippen molar-refractivity contribution in [1.82, 2.24) is 14.7 Å². The van der Waals surface area contributed by atoms with Gasteiger partial charge >= 0.3 is 0 Å². The van der Waals surface area contributed by atoms with Crippen LogP contribution in [-0.4, -0.2) is 46.9 Å². The molecule has 0 aliphatic carbocycles. The Bertz CT molecular complexity index is 439. The van der Waals surface area contributed by atoms with Crippen LogP contribution in [0.15, 0.2) is 12.3 Å². The zero-order valence-corrected chi connectivity index (χ0v) is 12.5. The summed E-state index contributed by atoms with van der Waals surface area (Å²) in [5.74, 6) is 1.16. The summed E-state index contributed by atoms with van der Waals surface area (Å²) in [6, 6.07) is 2.83. The lowest BCUT2D eigenvalue weighted by Gasteiger charge is -2.41. The summed E-state index contributed by atoms with van der Waals surface area (Å²) in [4.78, 5) is 5.13. The Kier molecular flexibility index (Phi) is 3.29. The van der Waals surface area contributed by atoms with Crippen LogP contribution in [0.5, 0.6) is 0 Å². The topological polar surface area (TPSA) is 24.3 Å². The predicted octanol–water partition coefficient (Wildman–Crippen LogP) is 2.12. The van der Waals surface area contributed by atoms with Crippen molar-refractivity contribution >= 4 is 5.82 Å². The van der Waals surface area contributed by atoms with Gasteiger partial charge in [-0.05, 0) is 39.7 Å². The molecule has 0 aromatic carbocycles.